The average molecular weight is 301 g/mol. The quantitative estimate of drug-likeness (QED) is 0.811. The summed E-state index contributed by atoms with van der Waals surface area (Å²) in [6.45, 7) is 5.44. The highest BCUT2D eigenvalue weighted by atomic mass is 16.7. The van der Waals surface area contributed by atoms with Crippen molar-refractivity contribution in [3.63, 3.8) is 0 Å². The minimum absolute atomic E-state index is 0.125. The summed E-state index contributed by atoms with van der Waals surface area (Å²) in [5, 5.41) is 3.62. The van der Waals surface area contributed by atoms with Crippen LogP contribution in [0.2, 0.25) is 0 Å². The van der Waals surface area contributed by atoms with Crippen LogP contribution < -0.4 is 5.32 Å². The molecule has 1 aliphatic heterocycles. The molecule has 0 radical (unpaired) electrons. The van der Waals surface area contributed by atoms with Gasteiger partial charge in [-0.25, -0.2) is 0 Å². The van der Waals surface area contributed by atoms with Gasteiger partial charge in [0.2, 0.25) is 0 Å². The molecule has 2 aliphatic rings. The van der Waals surface area contributed by atoms with E-state index in [9.17, 15) is 0 Å². The van der Waals surface area contributed by atoms with Crippen LogP contribution >= 0.6 is 0 Å². The summed E-state index contributed by atoms with van der Waals surface area (Å²) in [4.78, 5) is 0. The van der Waals surface area contributed by atoms with Crippen molar-refractivity contribution >= 4 is 0 Å². The topological polar surface area (TPSA) is 30.5 Å². The van der Waals surface area contributed by atoms with E-state index in [4.69, 9.17) is 9.47 Å². The highest BCUT2D eigenvalue weighted by Gasteiger charge is 2.44. The predicted molar refractivity (Wildman–Crippen MR) is 88.5 cm³/mol. The molecule has 3 heteroatoms. The van der Waals surface area contributed by atoms with E-state index in [-0.39, 0.29) is 17.9 Å². The molecule has 1 aliphatic carbocycles. The zero-order valence-electron chi connectivity index (χ0n) is 13.3. The van der Waals surface area contributed by atoms with E-state index in [1.165, 1.54) is 24.8 Å². The summed E-state index contributed by atoms with van der Waals surface area (Å²) in [7, 11) is 0. The van der Waals surface area contributed by atoms with E-state index in [0.29, 0.717) is 6.61 Å². The second kappa shape index (κ2) is 7.40. The van der Waals surface area contributed by atoms with Gasteiger partial charge in [-0.3, -0.25) is 0 Å². The van der Waals surface area contributed by atoms with E-state index >= 15 is 0 Å². The Labute approximate surface area is 133 Å². The maximum Gasteiger partial charge on any atom is 0.168 e. The van der Waals surface area contributed by atoms with Gasteiger partial charge < -0.3 is 14.8 Å². The lowest BCUT2D eigenvalue weighted by Gasteiger charge is -2.33. The van der Waals surface area contributed by atoms with Crippen molar-refractivity contribution in [1.29, 1.82) is 0 Å². The molecule has 22 heavy (non-hydrogen) atoms. The maximum absolute atomic E-state index is 6.36. The first-order valence-corrected chi connectivity index (χ1v) is 8.51. The first kappa shape index (κ1) is 15.7. The summed E-state index contributed by atoms with van der Waals surface area (Å²) in [5.41, 5.74) is 1.29. The predicted octanol–water partition coefficient (Wildman–Crippen LogP) is 3.80. The Morgan fingerprint density at radius 3 is 2.73 bits per heavy atom. The van der Waals surface area contributed by atoms with Gasteiger partial charge in [0, 0.05) is 25.4 Å². The third-order valence-corrected chi connectivity index (χ3v) is 4.77. The van der Waals surface area contributed by atoms with Crippen LogP contribution in [0.15, 0.2) is 43.0 Å². The van der Waals surface area contributed by atoms with Crippen molar-refractivity contribution in [2.45, 2.75) is 63.0 Å². The number of benzene rings is 1. The summed E-state index contributed by atoms with van der Waals surface area (Å²) in [6.07, 6.45) is 8.83. The zero-order valence-corrected chi connectivity index (χ0v) is 13.3. The molecule has 1 heterocycles. The summed E-state index contributed by atoms with van der Waals surface area (Å²) in [6, 6.07) is 10.8. The largest absolute Gasteiger partial charge is 0.347 e. The number of hydrogen-bond acceptors (Lipinski definition) is 3. The van der Waals surface area contributed by atoms with Crippen LogP contribution in [0.5, 0.6) is 0 Å². The molecule has 1 spiro atoms. The summed E-state index contributed by atoms with van der Waals surface area (Å²) >= 11 is 0. The number of nitrogens with one attached hydrogen (secondary N) is 1. The van der Waals surface area contributed by atoms with Crippen molar-refractivity contribution in [1.82, 2.24) is 5.32 Å². The monoisotopic (exact) mass is 301 g/mol. The van der Waals surface area contributed by atoms with Crippen molar-refractivity contribution in [3.05, 3.63) is 48.6 Å². The van der Waals surface area contributed by atoms with Crippen LogP contribution in [0, 0.1) is 0 Å². The van der Waals surface area contributed by atoms with Crippen LogP contribution in [0.4, 0.5) is 0 Å². The second-order valence-electron chi connectivity index (χ2n) is 6.44. The number of hydrogen-bond donors (Lipinski definition) is 1. The molecule has 1 aromatic rings. The minimum atomic E-state index is -0.295. The molecule has 0 unspecified atom stereocenters. The van der Waals surface area contributed by atoms with Gasteiger partial charge in [-0.2, -0.15) is 0 Å². The van der Waals surface area contributed by atoms with E-state index in [2.05, 4.69) is 36.2 Å². The van der Waals surface area contributed by atoms with Gasteiger partial charge >= 0.3 is 0 Å². The van der Waals surface area contributed by atoms with Crippen LogP contribution in [0.1, 0.15) is 44.1 Å². The molecule has 0 bridgehead atoms. The van der Waals surface area contributed by atoms with E-state index < -0.39 is 0 Å². The molecule has 1 saturated heterocycles. The summed E-state index contributed by atoms with van der Waals surface area (Å²) in [5.74, 6) is -0.295. The molecule has 1 aromatic carbocycles. The van der Waals surface area contributed by atoms with Crippen molar-refractivity contribution in [2.75, 3.05) is 6.61 Å². The first-order valence-electron chi connectivity index (χ1n) is 8.51. The standard InChI is InChI=1S/C19H27NO2/c1-2-9-17(20-14-16-10-5-3-6-11-16)18-15-21-19(22-18)12-7-4-8-13-19/h2-3,5-6,10-11,17-18,20H,1,4,7-9,12-15H2/t17-,18+/m0/s1. The third-order valence-electron chi connectivity index (χ3n) is 4.77. The van der Waals surface area contributed by atoms with Gasteiger partial charge in [-0.05, 0) is 24.8 Å². The Kier molecular flexibility index (Phi) is 5.29. The van der Waals surface area contributed by atoms with Crippen LogP contribution in [-0.4, -0.2) is 24.5 Å². The van der Waals surface area contributed by atoms with Gasteiger partial charge in [-0.15, -0.1) is 6.58 Å². The molecule has 3 rings (SSSR count). The fraction of sp³-hybridized carbons (Fsp3) is 0.579. The fourth-order valence-corrected chi connectivity index (χ4v) is 3.52. The smallest absolute Gasteiger partial charge is 0.168 e. The van der Waals surface area contributed by atoms with Gasteiger partial charge in [0.25, 0.3) is 0 Å². The molecular formula is C19H27NO2. The van der Waals surface area contributed by atoms with Crippen LogP contribution in [0.25, 0.3) is 0 Å². The Morgan fingerprint density at radius 1 is 1.23 bits per heavy atom. The average Bonchev–Trinajstić information content (AvgIpc) is 2.96. The van der Waals surface area contributed by atoms with Crippen molar-refractivity contribution < 1.29 is 9.47 Å². The first-order chi connectivity index (χ1) is 10.8. The third kappa shape index (κ3) is 3.78. The van der Waals surface area contributed by atoms with Crippen molar-refractivity contribution in [3.8, 4) is 0 Å². The lowest BCUT2D eigenvalue weighted by Crippen LogP contribution is -2.42. The minimum Gasteiger partial charge on any atom is -0.347 e. The van der Waals surface area contributed by atoms with Gasteiger partial charge in [0.05, 0.1) is 12.7 Å². The molecule has 3 nitrogen and oxygen atoms in total. The lowest BCUT2D eigenvalue weighted by molar-refractivity contribution is -0.189. The fourth-order valence-electron chi connectivity index (χ4n) is 3.52. The maximum atomic E-state index is 6.36. The molecule has 2 fully saturated rings. The molecular weight excluding hydrogens is 274 g/mol. The van der Waals surface area contributed by atoms with Gasteiger partial charge in [0.15, 0.2) is 5.79 Å². The van der Waals surface area contributed by atoms with E-state index in [1.54, 1.807) is 0 Å². The molecule has 1 N–H and O–H groups in total. The highest BCUT2D eigenvalue weighted by Crippen LogP contribution is 2.38. The molecule has 0 aromatic heterocycles. The number of rotatable bonds is 6. The van der Waals surface area contributed by atoms with Crippen LogP contribution in [0.3, 0.4) is 0 Å². The van der Waals surface area contributed by atoms with E-state index in [0.717, 1.165) is 25.8 Å². The van der Waals surface area contributed by atoms with Gasteiger partial charge in [0.1, 0.15) is 0 Å². The molecule has 0 amide bonds. The van der Waals surface area contributed by atoms with Crippen molar-refractivity contribution in [2.24, 2.45) is 0 Å². The molecule has 2 atom stereocenters. The SMILES string of the molecule is C=CC[C@H](NCc1ccccc1)[C@H]1COC2(CCCCC2)O1. The van der Waals surface area contributed by atoms with Gasteiger partial charge in [-0.1, -0.05) is 42.8 Å². The zero-order chi connectivity index (χ0) is 15.3. The Hall–Kier alpha value is -1.16. The lowest BCUT2D eigenvalue weighted by atomic mass is 9.94. The number of ether oxygens (including phenoxy) is 2. The second-order valence-corrected chi connectivity index (χ2v) is 6.44. The Balaban J connectivity index is 1.58. The normalized spacial score (nSPS) is 25.2. The molecule has 120 valence electrons. The Bertz CT molecular complexity index is 468. The Morgan fingerprint density at radius 2 is 2.00 bits per heavy atom. The summed E-state index contributed by atoms with van der Waals surface area (Å²) < 4.78 is 12.4. The highest BCUT2D eigenvalue weighted by molar-refractivity contribution is 5.14. The van der Waals surface area contributed by atoms with E-state index in [1.807, 2.05) is 12.1 Å². The molecule has 1 saturated carbocycles. The van der Waals surface area contributed by atoms with Crippen LogP contribution in [-0.2, 0) is 16.0 Å².